The normalized spacial score (nSPS) is 12.8. The molecule has 1 aromatic carbocycles. The summed E-state index contributed by atoms with van der Waals surface area (Å²) >= 11 is 1.38. The van der Waals surface area contributed by atoms with Gasteiger partial charge in [0.05, 0.1) is 11.0 Å². The zero-order valence-electron chi connectivity index (χ0n) is 11.6. The lowest BCUT2D eigenvalue weighted by atomic mass is 10.2. The quantitative estimate of drug-likeness (QED) is 0.542. The molecule has 0 fully saturated rings. The number of rotatable bonds is 1. The molecule has 0 amide bonds. The Morgan fingerprint density at radius 2 is 2.10 bits per heavy atom. The molecule has 0 bridgehead atoms. The van der Waals surface area contributed by atoms with Crippen LogP contribution in [0.5, 0.6) is 0 Å². The highest BCUT2D eigenvalue weighted by Gasteiger charge is 2.11. The number of fused-ring (bicyclic) bond motifs is 3. The van der Waals surface area contributed by atoms with E-state index in [4.69, 9.17) is 4.42 Å². The SMILES string of the molecule is Cc1ccc2c(c1)nc1s/c(=C/c3ccc(C)o3)c(=O)n12. The Bertz CT molecular complexity index is 1090. The van der Waals surface area contributed by atoms with Crippen molar-refractivity contribution in [2.45, 2.75) is 13.8 Å². The van der Waals surface area contributed by atoms with Crippen LogP contribution in [0.3, 0.4) is 0 Å². The maximum atomic E-state index is 12.6. The Balaban J connectivity index is 2.03. The first-order valence-electron chi connectivity index (χ1n) is 6.61. The summed E-state index contributed by atoms with van der Waals surface area (Å²) in [6, 6.07) is 9.67. The molecule has 3 heterocycles. The van der Waals surface area contributed by atoms with E-state index in [1.54, 1.807) is 10.5 Å². The molecule has 3 aromatic heterocycles. The highest BCUT2D eigenvalue weighted by molar-refractivity contribution is 7.15. The van der Waals surface area contributed by atoms with Crippen LogP contribution < -0.4 is 10.1 Å². The average Bonchev–Trinajstić information content (AvgIpc) is 3.07. The molecule has 4 aromatic rings. The second-order valence-corrected chi connectivity index (χ2v) is 6.10. The van der Waals surface area contributed by atoms with Crippen LogP contribution >= 0.6 is 11.3 Å². The predicted molar refractivity (Wildman–Crippen MR) is 83.8 cm³/mol. The van der Waals surface area contributed by atoms with Crippen LogP contribution in [-0.2, 0) is 0 Å². The number of thiazole rings is 1. The number of benzene rings is 1. The lowest BCUT2D eigenvalue weighted by molar-refractivity contribution is 0.525. The summed E-state index contributed by atoms with van der Waals surface area (Å²) in [5.74, 6) is 1.52. The van der Waals surface area contributed by atoms with Crippen LogP contribution in [0.4, 0.5) is 0 Å². The van der Waals surface area contributed by atoms with Gasteiger partial charge in [-0.05, 0) is 43.7 Å². The van der Waals surface area contributed by atoms with Gasteiger partial charge in [0.15, 0.2) is 4.96 Å². The van der Waals surface area contributed by atoms with E-state index in [0.29, 0.717) is 10.3 Å². The number of hydrogen-bond acceptors (Lipinski definition) is 4. The van der Waals surface area contributed by atoms with Crippen molar-refractivity contribution in [2.24, 2.45) is 0 Å². The van der Waals surface area contributed by atoms with Gasteiger partial charge in [-0.15, -0.1) is 0 Å². The fraction of sp³-hybridized carbons (Fsp3) is 0.125. The van der Waals surface area contributed by atoms with Gasteiger partial charge in [0, 0.05) is 6.08 Å². The molecule has 5 heteroatoms. The van der Waals surface area contributed by atoms with E-state index >= 15 is 0 Å². The van der Waals surface area contributed by atoms with Crippen LogP contribution in [0, 0.1) is 13.8 Å². The van der Waals surface area contributed by atoms with Crippen LogP contribution in [0.1, 0.15) is 17.1 Å². The minimum atomic E-state index is -0.0459. The molecule has 104 valence electrons. The van der Waals surface area contributed by atoms with Crippen molar-refractivity contribution in [3.05, 3.63) is 62.3 Å². The van der Waals surface area contributed by atoms with Crippen LogP contribution in [0.15, 0.2) is 39.5 Å². The lowest BCUT2D eigenvalue weighted by Crippen LogP contribution is -2.22. The highest BCUT2D eigenvalue weighted by Crippen LogP contribution is 2.17. The second kappa shape index (κ2) is 4.30. The lowest BCUT2D eigenvalue weighted by Gasteiger charge is -1.91. The first kappa shape index (κ1) is 12.3. The van der Waals surface area contributed by atoms with E-state index in [9.17, 15) is 4.79 Å². The second-order valence-electron chi connectivity index (χ2n) is 5.09. The maximum Gasteiger partial charge on any atom is 0.275 e. The summed E-state index contributed by atoms with van der Waals surface area (Å²) in [6.07, 6.45) is 1.77. The number of aromatic nitrogens is 2. The fourth-order valence-electron chi connectivity index (χ4n) is 2.44. The van der Waals surface area contributed by atoms with Gasteiger partial charge in [0.2, 0.25) is 0 Å². The molecule has 21 heavy (non-hydrogen) atoms. The molecular formula is C16H12N2O2S. The van der Waals surface area contributed by atoms with E-state index in [2.05, 4.69) is 4.98 Å². The minimum Gasteiger partial charge on any atom is -0.462 e. The third kappa shape index (κ3) is 1.89. The maximum absolute atomic E-state index is 12.6. The number of imidazole rings is 1. The first-order valence-corrected chi connectivity index (χ1v) is 7.43. The topological polar surface area (TPSA) is 47.5 Å². The molecule has 0 radical (unpaired) electrons. The Morgan fingerprint density at radius 3 is 2.86 bits per heavy atom. The molecule has 0 aliphatic rings. The first-order chi connectivity index (χ1) is 10.1. The average molecular weight is 296 g/mol. The third-order valence-electron chi connectivity index (χ3n) is 3.43. The Kier molecular flexibility index (Phi) is 2.53. The van der Waals surface area contributed by atoms with E-state index < -0.39 is 0 Å². The van der Waals surface area contributed by atoms with Gasteiger partial charge in [-0.1, -0.05) is 17.4 Å². The predicted octanol–water partition coefficient (Wildman–Crippen LogP) is 2.67. The molecular weight excluding hydrogens is 284 g/mol. The van der Waals surface area contributed by atoms with Crippen molar-refractivity contribution >= 4 is 33.4 Å². The molecule has 0 aliphatic carbocycles. The van der Waals surface area contributed by atoms with Gasteiger partial charge in [0.25, 0.3) is 5.56 Å². The van der Waals surface area contributed by atoms with Gasteiger partial charge in [-0.3, -0.25) is 4.79 Å². The molecule has 0 saturated heterocycles. The van der Waals surface area contributed by atoms with Gasteiger partial charge >= 0.3 is 0 Å². The summed E-state index contributed by atoms with van der Waals surface area (Å²) in [7, 11) is 0. The van der Waals surface area contributed by atoms with Gasteiger partial charge in [0.1, 0.15) is 16.1 Å². The zero-order valence-corrected chi connectivity index (χ0v) is 12.4. The third-order valence-corrected chi connectivity index (χ3v) is 4.40. The van der Waals surface area contributed by atoms with Crippen LogP contribution in [0.2, 0.25) is 0 Å². The van der Waals surface area contributed by atoms with Crippen molar-refractivity contribution in [2.75, 3.05) is 0 Å². The van der Waals surface area contributed by atoms with E-state index in [-0.39, 0.29) is 5.56 Å². The molecule has 0 aliphatic heterocycles. The van der Waals surface area contributed by atoms with Crippen molar-refractivity contribution in [3.8, 4) is 0 Å². The zero-order chi connectivity index (χ0) is 14.6. The molecule has 4 nitrogen and oxygen atoms in total. The van der Waals surface area contributed by atoms with Crippen LogP contribution in [0.25, 0.3) is 22.1 Å². The Labute approximate surface area is 124 Å². The number of furan rings is 1. The van der Waals surface area contributed by atoms with Crippen molar-refractivity contribution in [1.29, 1.82) is 0 Å². The van der Waals surface area contributed by atoms with E-state index in [1.165, 1.54) is 11.3 Å². The summed E-state index contributed by atoms with van der Waals surface area (Å²) in [5.41, 5.74) is 2.81. The summed E-state index contributed by atoms with van der Waals surface area (Å²) in [5, 5.41) is 0. The van der Waals surface area contributed by atoms with Crippen molar-refractivity contribution < 1.29 is 4.42 Å². The molecule has 4 rings (SSSR count). The standard InChI is InChI=1S/C16H12N2O2S/c1-9-3-6-13-12(7-9)17-16-18(13)15(19)14(21-16)8-11-5-4-10(2)20-11/h3-8H,1-2H3/b14-8+. The summed E-state index contributed by atoms with van der Waals surface area (Å²) in [6.45, 7) is 3.90. The molecule has 0 saturated carbocycles. The molecule has 0 unspecified atom stereocenters. The molecule has 0 spiro atoms. The Hall–Kier alpha value is -2.40. The minimum absolute atomic E-state index is 0.0459. The number of aryl methyl sites for hydroxylation is 2. The smallest absolute Gasteiger partial charge is 0.275 e. The van der Waals surface area contributed by atoms with E-state index in [1.807, 2.05) is 44.2 Å². The van der Waals surface area contributed by atoms with Crippen molar-refractivity contribution in [3.63, 3.8) is 0 Å². The van der Waals surface area contributed by atoms with Gasteiger partial charge in [-0.25, -0.2) is 9.38 Å². The number of hydrogen-bond donors (Lipinski definition) is 0. The summed E-state index contributed by atoms with van der Waals surface area (Å²) in [4.78, 5) is 17.8. The number of nitrogens with zero attached hydrogens (tertiary/aromatic N) is 2. The molecule has 0 atom stereocenters. The van der Waals surface area contributed by atoms with Gasteiger partial charge < -0.3 is 4.42 Å². The largest absolute Gasteiger partial charge is 0.462 e. The van der Waals surface area contributed by atoms with Crippen LogP contribution in [-0.4, -0.2) is 9.38 Å². The fourth-order valence-corrected chi connectivity index (χ4v) is 3.40. The molecule has 0 N–H and O–H groups in total. The monoisotopic (exact) mass is 296 g/mol. The van der Waals surface area contributed by atoms with E-state index in [0.717, 1.165) is 27.3 Å². The Morgan fingerprint density at radius 1 is 1.24 bits per heavy atom. The van der Waals surface area contributed by atoms with Gasteiger partial charge in [-0.2, -0.15) is 0 Å². The van der Waals surface area contributed by atoms with Crippen molar-refractivity contribution in [1.82, 2.24) is 9.38 Å². The highest BCUT2D eigenvalue weighted by atomic mass is 32.1. The summed E-state index contributed by atoms with van der Waals surface area (Å²) < 4.78 is 7.80.